The topological polar surface area (TPSA) is 93.2 Å². The number of halogens is 1. The van der Waals surface area contributed by atoms with Gasteiger partial charge >= 0.3 is 5.97 Å². The van der Waals surface area contributed by atoms with Gasteiger partial charge in [0, 0.05) is 23.3 Å². The highest BCUT2D eigenvalue weighted by Crippen LogP contribution is 2.17. The molecule has 0 atom stereocenters. The van der Waals surface area contributed by atoms with Gasteiger partial charge in [0.2, 0.25) is 0 Å². The molecule has 28 heavy (non-hydrogen) atoms. The average Bonchev–Trinajstić information content (AvgIpc) is 2.72. The molecule has 0 radical (unpaired) electrons. The first-order chi connectivity index (χ1) is 13.6. The minimum absolute atomic E-state index is 0.202. The van der Waals surface area contributed by atoms with Crippen LogP contribution in [0, 0.1) is 0 Å². The number of carbonyl (C=O) groups is 2. The fraction of sp³-hybridized carbons (Fsp3) is 0.100. The predicted molar refractivity (Wildman–Crippen MR) is 106 cm³/mol. The van der Waals surface area contributed by atoms with Gasteiger partial charge in [0.15, 0.2) is 0 Å². The molecule has 0 aliphatic rings. The van der Waals surface area contributed by atoms with Gasteiger partial charge in [0.1, 0.15) is 17.8 Å². The number of ether oxygens (including phenoxy) is 1. The standard InChI is InChI=1S/C20H17ClN4O3/c1-28-20(27)13-6-4-7-15(9-13)25-18-10-17(23-12-24-18)19(26)22-11-14-5-2-3-8-16(14)21/h2-10,12H,11H2,1H3,(H,22,26)(H,23,24,25). The number of hydrogen-bond acceptors (Lipinski definition) is 6. The van der Waals surface area contributed by atoms with Crippen molar-refractivity contribution in [2.75, 3.05) is 12.4 Å². The highest BCUT2D eigenvalue weighted by Gasteiger charge is 2.11. The number of hydrogen-bond donors (Lipinski definition) is 2. The molecule has 8 heteroatoms. The largest absolute Gasteiger partial charge is 0.465 e. The number of benzene rings is 2. The first-order valence-corrected chi connectivity index (χ1v) is 8.73. The number of carbonyl (C=O) groups excluding carboxylic acids is 2. The fourth-order valence-corrected chi connectivity index (χ4v) is 2.65. The van der Waals surface area contributed by atoms with Crippen LogP contribution in [0.3, 0.4) is 0 Å². The molecule has 0 aliphatic carbocycles. The maximum absolute atomic E-state index is 12.4. The van der Waals surface area contributed by atoms with Gasteiger partial charge in [-0.05, 0) is 29.8 Å². The van der Waals surface area contributed by atoms with Crippen molar-refractivity contribution in [3.8, 4) is 0 Å². The molecule has 3 rings (SSSR count). The van der Waals surface area contributed by atoms with Crippen LogP contribution in [0.1, 0.15) is 26.4 Å². The van der Waals surface area contributed by atoms with Crippen LogP contribution in [0.15, 0.2) is 60.9 Å². The monoisotopic (exact) mass is 396 g/mol. The third kappa shape index (κ3) is 4.83. The minimum Gasteiger partial charge on any atom is -0.465 e. The van der Waals surface area contributed by atoms with Crippen LogP contribution in [-0.4, -0.2) is 29.0 Å². The zero-order valence-electron chi connectivity index (χ0n) is 15.0. The SMILES string of the molecule is COC(=O)c1cccc(Nc2cc(C(=O)NCc3ccccc3Cl)ncn2)c1. The molecule has 2 aromatic carbocycles. The molecule has 3 aromatic rings. The summed E-state index contributed by atoms with van der Waals surface area (Å²) in [7, 11) is 1.32. The van der Waals surface area contributed by atoms with E-state index in [-0.39, 0.29) is 18.1 Å². The van der Waals surface area contributed by atoms with Gasteiger partial charge in [-0.2, -0.15) is 0 Å². The van der Waals surface area contributed by atoms with Crippen LogP contribution in [-0.2, 0) is 11.3 Å². The maximum Gasteiger partial charge on any atom is 0.337 e. The van der Waals surface area contributed by atoms with Crippen LogP contribution < -0.4 is 10.6 Å². The van der Waals surface area contributed by atoms with E-state index in [0.29, 0.717) is 22.1 Å². The second-order valence-electron chi connectivity index (χ2n) is 5.76. The Morgan fingerprint density at radius 3 is 2.68 bits per heavy atom. The van der Waals surface area contributed by atoms with Crippen molar-refractivity contribution < 1.29 is 14.3 Å². The van der Waals surface area contributed by atoms with Crippen LogP contribution in [0.25, 0.3) is 0 Å². The van der Waals surface area contributed by atoms with E-state index in [1.165, 1.54) is 19.5 Å². The van der Waals surface area contributed by atoms with Crippen LogP contribution in [0.4, 0.5) is 11.5 Å². The van der Waals surface area contributed by atoms with E-state index in [1.54, 1.807) is 30.3 Å². The Bertz CT molecular complexity index is 1010. The fourth-order valence-electron chi connectivity index (χ4n) is 2.45. The molecule has 7 nitrogen and oxygen atoms in total. The summed E-state index contributed by atoms with van der Waals surface area (Å²) in [5.41, 5.74) is 2.04. The smallest absolute Gasteiger partial charge is 0.337 e. The highest BCUT2D eigenvalue weighted by molar-refractivity contribution is 6.31. The number of methoxy groups -OCH3 is 1. The quantitative estimate of drug-likeness (QED) is 0.618. The Labute approximate surface area is 166 Å². The van der Waals surface area contributed by atoms with E-state index < -0.39 is 5.97 Å². The number of amides is 1. The lowest BCUT2D eigenvalue weighted by Gasteiger charge is -2.09. The molecule has 0 unspecified atom stereocenters. The molecule has 0 spiro atoms. The zero-order valence-corrected chi connectivity index (χ0v) is 15.7. The summed E-state index contributed by atoms with van der Waals surface area (Å²) in [5, 5.41) is 6.40. The number of esters is 1. The molecule has 0 saturated heterocycles. The molecule has 1 heterocycles. The molecule has 2 N–H and O–H groups in total. The number of nitrogens with one attached hydrogen (secondary N) is 2. The summed E-state index contributed by atoms with van der Waals surface area (Å²) in [6, 6.07) is 15.6. The Hall–Kier alpha value is -3.45. The van der Waals surface area contributed by atoms with E-state index >= 15 is 0 Å². The van der Waals surface area contributed by atoms with Crippen molar-refractivity contribution in [3.63, 3.8) is 0 Å². The zero-order chi connectivity index (χ0) is 19.9. The lowest BCUT2D eigenvalue weighted by Crippen LogP contribution is -2.24. The van der Waals surface area contributed by atoms with Crippen LogP contribution in [0.2, 0.25) is 5.02 Å². The summed E-state index contributed by atoms with van der Waals surface area (Å²) >= 11 is 6.09. The average molecular weight is 397 g/mol. The first kappa shape index (κ1) is 19.3. The van der Waals surface area contributed by atoms with Gasteiger partial charge in [-0.25, -0.2) is 14.8 Å². The number of anilines is 2. The molecule has 0 fully saturated rings. The third-order valence-corrected chi connectivity index (χ3v) is 4.22. The molecular formula is C20H17ClN4O3. The molecule has 142 valence electrons. The second-order valence-corrected chi connectivity index (χ2v) is 6.17. The summed E-state index contributed by atoms with van der Waals surface area (Å²) in [4.78, 5) is 32.1. The van der Waals surface area contributed by atoms with Gasteiger partial charge in [-0.15, -0.1) is 0 Å². The summed E-state index contributed by atoms with van der Waals surface area (Å²) in [5.74, 6) is -0.375. The van der Waals surface area contributed by atoms with Gasteiger partial charge < -0.3 is 15.4 Å². The third-order valence-electron chi connectivity index (χ3n) is 3.85. The Morgan fingerprint density at radius 1 is 1.07 bits per heavy atom. The van der Waals surface area contributed by atoms with E-state index in [9.17, 15) is 9.59 Å². The number of rotatable bonds is 6. The Morgan fingerprint density at radius 2 is 1.89 bits per heavy atom. The molecule has 0 saturated carbocycles. The van der Waals surface area contributed by atoms with Crippen molar-refractivity contribution in [1.82, 2.24) is 15.3 Å². The van der Waals surface area contributed by atoms with Gasteiger partial charge in [0.05, 0.1) is 12.7 Å². The molecule has 1 aromatic heterocycles. The van der Waals surface area contributed by atoms with Crippen molar-refractivity contribution in [3.05, 3.63) is 82.8 Å². The number of aromatic nitrogens is 2. The highest BCUT2D eigenvalue weighted by atomic mass is 35.5. The van der Waals surface area contributed by atoms with Crippen molar-refractivity contribution in [1.29, 1.82) is 0 Å². The normalized spacial score (nSPS) is 10.2. The molecule has 0 aliphatic heterocycles. The minimum atomic E-state index is -0.439. The molecule has 1 amide bonds. The van der Waals surface area contributed by atoms with Crippen molar-refractivity contribution in [2.24, 2.45) is 0 Å². The molecule has 0 bridgehead atoms. The summed E-state index contributed by atoms with van der Waals surface area (Å²) in [6.07, 6.45) is 1.29. The van der Waals surface area contributed by atoms with Crippen molar-refractivity contribution in [2.45, 2.75) is 6.54 Å². The predicted octanol–water partition coefficient (Wildman–Crippen LogP) is 3.59. The number of nitrogens with zero attached hydrogens (tertiary/aromatic N) is 2. The second kappa shape index (κ2) is 8.96. The Kier molecular flexibility index (Phi) is 6.18. The van der Waals surface area contributed by atoms with E-state index in [4.69, 9.17) is 16.3 Å². The lowest BCUT2D eigenvalue weighted by molar-refractivity contribution is 0.0600. The van der Waals surface area contributed by atoms with E-state index in [0.717, 1.165) is 5.56 Å². The summed E-state index contributed by atoms with van der Waals surface area (Å²) < 4.78 is 4.71. The van der Waals surface area contributed by atoms with Gasteiger partial charge in [0.25, 0.3) is 5.91 Å². The molecular weight excluding hydrogens is 380 g/mol. The first-order valence-electron chi connectivity index (χ1n) is 8.36. The van der Waals surface area contributed by atoms with Gasteiger partial charge in [-0.3, -0.25) is 4.79 Å². The van der Waals surface area contributed by atoms with Crippen molar-refractivity contribution >= 4 is 35.0 Å². The van der Waals surface area contributed by atoms with Crippen LogP contribution >= 0.6 is 11.6 Å². The van der Waals surface area contributed by atoms with E-state index in [2.05, 4.69) is 20.6 Å². The lowest BCUT2D eigenvalue weighted by atomic mass is 10.2. The van der Waals surface area contributed by atoms with E-state index in [1.807, 2.05) is 18.2 Å². The maximum atomic E-state index is 12.4. The summed E-state index contributed by atoms with van der Waals surface area (Å²) in [6.45, 7) is 0.284. The Balaban J connectivity index is 1.69. The van der Waals surface area contributed by atoms with Crippen LogP contribution in [0.5, 0.6) is 0 Å². The van der Waals surface area contributed by atoms with Gasteiger partial charge in [-0.1, -0.05) is 35.9 Å².